The Morgan fingerprint density at radius 3 is 2.36 bits per heavy atom. The van der Waals surface area contributed by atoms with E-state index in [9.17, 15) is 4.79 Å². The Hall–Kier alpha value is -2.59. The minimum absolute atomic E-state index is 0.222. The standard InChI is InChI=1S/C30H41N3O.C2H6/c1-6-7-25(18-20(2)3)29-28(21(4)5)26-19-24(8-9-27(26)32-29)22-12-16-33(17-13-22)30(34)23-10-14-31-15-11-23;1-2/h6-9,18-19,21-23,31-32H,2,10-17H2,1,3-5H3;1-2H3/b7-6-,25-18+;. The van der Waals surface area contributed by atoms with Crippen LogP contribution in [0.1, 0.15) is 95.9 Å². The zero-order chi connectivity index (χ0) is 26.2. The molecule has 0 bridgehead atoms. The van der Waals surface area contributed by atoms with E-state index in [1.807, 2.05) is 20.8 Å². The number of aromatic nitrogens is 1. The lowest BCUT2D eigenvalue weighted by Gasteiger charge is -2.35. The minimum Gasteiger partial charge on any atom is -0.354 e. The molecule has 0 spiro atoms. The lowest BCUT2D eigenvalue weighted by molar-refractivity contribution is -0.137. The number of nitrogens with zero attached hydrogens (tertiary/aromatic N) is 1. The zero-order valence-corrected chi connectivity index (χ0v) is 23.4. The van der Waals surface area contributed by atoms with Gasteiger partial charge in [-0.15, -0.1) is 0 Å². The quantitative estimate of drug-likeness (QED) is 0.411. The van der Waals surface area contributed by atoms with Crippen molar-refractivity contribution >= 4 is 22.4 Å². The zero-order valence-electron chi connectivity index (χ0n) is 23.4. The Morgan fingerprint density at radius 2 is 1.78 bits per heavy atom. The third-order valence-electron chi connectivity index (χ3n) is 7.44. The molecule has 2 N–H and O–H groups in total. The van der Waals surface area contributed by atoms with E-state index in [0.29, 0.717) is 17.7 Å². The molecule has 4 rings (SSSR count). The molecule has 2 aromatic rings. The topological polar surface area (TPSA) is 48.1 Å². The number of hydrogen-bond donors (Lipinski definition) is 2. The molecule has 2 fully saturated rings. The Balaban J connectivity index is 0.00000176. The fourth-order valence-electron chi connectivity index (χ4n) is 5.72. The Labute approximate surface area is 218 Å². The molecule has 2 aliphatic rings. The summed E-state index contributed by atoms with van der Waals surface area (Å²) < 4.78 is 0. The van der Waals surface area contributed by atoms with Crippen molar-refractivity contribution < 1.29 is 4.79 Å². The van der Waals surface area contributed by atoms with Gasteiger partial charge in [-0.3, -0.25) is 4.79 Å². The second kappa shape index (κ2) is 13.1. The number of likely N-dealkylation sites (tertiary alicyclic amines) is 1. The summed E-state index contributed by atoms with van der Waals surface area (Å²) in [6, 6.07) is 6.95. The van der Waals surface area contributed by atoms with Crippen LogP contribution < -0.4 is 5.32 Å². The van der Waals surface area contributed by atoms with Gasteiger partial charge in [-0.05, 0) is 93.3 Å². The van der Waals surface area contributed by atoms with Gasteiger partial charge in [0, 0.05) is 35.6 Å². The number of nitrogens with one attached hydrogen (secondary N) is 2. The molecule has 0 saturated carbocycles. The SMILES string of the molecule is C=C(C)/C=C(\C=C/C)c1[nH]c2ccc(C3CCN(C(=O)C4CCNCC4)CC3)cc2c1C(C)C.CC. The first-order valence-corrected chi connectivity index (χ1v) is 14.0. The van der Waals surface area contributed by atoms with Gasteiger partial charge < -0.3 is 15.2 Å². The average Bonchev–Trinajstić information content (AvgIpc) is 3.29. The molecule has 0 unspecified atom stereocenters. The first-order chi connectivity index (χ1) is 17.4. The first kappa shape index (κ1) is 28.0. The Bertz CT molecular complexity index is 1090. The van der Waals surface area contributed by atoms with Crippen LogP contribution in [0.2, 0.25) is 0 Å². The number of H-pyrrole nitrogens is 1. The maximum absolute atomic E-state index is 13.0. The molecule has 2 aliphatic heterocycles. The molecular formula is C32H47N3O. The summed E-state index contributed by atoms with van der Waals surface area (Å²) in [6.45, 7) is 20.5. The predicted octanol–water partition coefficient (Wildman–Crippen LogP) is 7.56. The highest BCUT2D eigenvalue weighted by molar-refractivity contribution is 5.92. The van der Waals surface area contributed by atoms with E-state index in [-0.39, 0.29) is 5.92 Å². The maximum atomic E-state index is 13.0. The molecule has 1 aromatic heterocycles. The van der Waals surface area contributed by atoms with Gasteiger partial charge in [-0.1, -0.05) is 64.1 Å². The fourth-order valence-corrected chi connectivity index (χ4v) is 5.72. The van der Waals surface area contributed by atoms with Crippen molar-refractivity contribution in [1.29, 1.82) is 0 Å². The highest BCUT2D eigenvalue weighted by atomic mass is 16.2. The smallest absolute Gasteiger partial charge is 0.225 e. The van der Waals surface area contributed by atoms with Gasteiger partial charge in [0.25, 0.3) is 0 Å². The Morgan fingerprint density at radius 1 is 1.11 bits per heavy atom. The van der Waals surface area contributed by atoms with Crippen LogP contribution in [0.3, 0.4) is 0 Å². The van der Waals surface area contributed by atoms with E-state index in [0.717, 1.165) is 57.4 Å². The number of allylic oxidation sites excluding steroid dienone is 5. The number of hydrogen-bond acceptors (Lipinski definition) is 2. The van der Waals surface area contributed by atoms with Crippen molar-refractivity contribution in [3.05, 3.63) is 65.4 Å². The second-order valence-electron chi connectivity index (χ2n) is 10.4. The normalized spacial score (nSPS) is 18.1. The van der Waals surface area contributed by atoms with Crippen molar-refractivity contribution in [2.24, 2.45) is 5.92 Å². The van der Waals surface area contributed by atoms with Crippen molar-refractivity contribution in [2.45, 2.75) is 79.1 Å². The summed E-state index contributed by atoms with van der Waals surface area (Å²) >= 11 is 0. The maximum Gasteiger partial charge on any atom is 0.225 e. The van der Waals surface area contributed by atoms with E-state index in [4.69, 9.17) is 0 Å². The monoisotopic (exact) mass is 489 g/mol. The van der Waals surface area contributed by atoms with Gasteiger partial charge in [0.2, 0.25) is 5.91 Å². The summed E-state index contributed by atoms with van der Waals surface area (Å²) in [5.41, 5.74) is 7.41. The second-order valence-corrected chi connectivity index (χ2v) is 10.4. The predicted molar refractivity (Wildman–Crippen MR) is 155 cm³/mol. The van der Waals surface area contributed by atoms with Gasteiger partial charge in [0.15, 0.2) is 0 Å². The molecule has 4 heteroatoms. The molecule has 0 aliphatic carbocycles. The highest BCUT2D eigenvalue weighted by Gasteiger charge is 2.30. The van der Waals surface area contributed by atoms with E-state index >= 15 is 0 Å². The number of fused-ring (bicyclic) bond motifs is 1. The molecule has 0 atom stereocenters. The molecule has 1 amide bonds. The van der Waals surface area contributed by atoms with Gasteiger partial charge in [0.1, 0.15) is 0 Å². The van der Waals surface area contributed by atoms with Gasteiger partial charge >= 0.3 is 0 Å². The van der Waals surface area contributed by atoms with Gasteiger partial charge in [-0.25, -0.2) is 0 Å². The molecule has 0 radical (unpaired) electrons. The summed E-state index contributed by atoms with van der Waals surface area (Å²) in [5, 5.41) is 4.69. The van der Waals surface area contributed by atoms with E-state index in [1.54, 1.807) is 0 Å². The molecule has 196 valence electrons. The third-order valence-corrected chi connectivity index (χ3v) is 7.44. The van der Waals surface area contributed by atoms with Crippen LogP contribution in [0.5, 0.6) is 0 Å². The van der Waals surface area contributed by atoms with E-state index in [2.05, 4.69) is 79.0 Å². The molecule has 1 aromatic carbocycles. The van der Waals surface area contributed by atoms with Crippen molar-refractivity contribution in [3.63, 3.8) is 0 Å². The number of rotatable bonds is 6. The molecule has 3 heterocycles. The molecule has 36 heavy (non-hydrogen) atoms. The summed E-state index contributed by atoms with van der Waals surface area (Å²) in [4.78, 5) is 18.8. The molecule has 2 saturated heterocycles. The Kier molecular flexibility index (Phi) is 10.2. The van der Waals surface area contributed by atoms with E-state index < -0.39 is 0 Å². The fraction of sp³-hybridized carbons (Fsp3) is 0.531. The van der Waals surface area contributed by atoms with Crippen LogP contribution in [-0.4, -0.2) is 42.0 Å². The lowest BCUT2D eigenvalue weighted by atomic mass is 9.86. The van der Waals surface area contributed by atoms with Crippen molar-refractivity contribution in [2.75, 3.05) is 26.2 Å². The first-order valence-electron chi connectivity index (χ1n) is 14.0. The number of benzene rings is 1. The van der Waals surface area contributed by atoms with Gasteiger partial charge in [0.05, 0.1) is 0 Å². The summed E-state index contributed by atoms with van der Waals surface area (Å²) in [6.07, 6.45) is 10.5. The van der Waals surface area contributed by atoms with Crippen molar-refractivity contribution in [3.8, 4) is 0 Å². The highest BCUT2D eigenvalue weighted by Crippen LogP contribution is 2.37. The van der Waals surface area contributed by atoms with Crippen LogP contribution in [-0.2, 0) is 4.79 Å². The van der Waals surface area contributed by atoms with E-state index in [1.165, 1.54) is 33.3 Å². The number of carbonyl (C=O) groups is 1. The van der Waals surface area contributed by atoms with Crippen LogP contribution >= 0.6 is 0 Å². The third kappa shape index (κ3) is 6.39. The van der Waals surface area contributed by atoms with Crippen molar-refractivity contribution in [1.82, 2.24) is 15.2 Å². The van der Waals surface area contributed by atoms with Crippen LogP contribution in [0.25, 0.3) is 16.5 Å². The average molecular weight is 490 g/mol. The largest absolute Gasteiger partial charge is 0.354 e. The summed E-state index contributed by atoms with van der Waals surface area (Å²) in [7, 11) is 0. The number of carbonyl (C=O) groups excluding carboxylic acids is 1. The number of aromatic amines is 1. The van der Waals surface area contributed by atoms with Gasteiger partial charge in [-0.2, -0.15) is 0 Å². The molecular weight excluding hydrogens is 442 g/mol. The number of amides is 1. The van der Waals surface area contributed by atoms with Crippen LogP contribution in [0.4, 0.5) is 0 Å². The summed E-state index contributed by atoms with van der Waals surface area (Å²) in [5.74, 6) is 1.52. The number of piperidine rings is 2. The molecule has 4 nitrogen and oxygen atoms in total. The van der Waals surface area contributed by atoms with Crippen LogP contribution in [0, 0.1) is 5.92 Å². The lowest BCUT2D eigenvalue weighted by Crippen LogP contribution is -2.44. The minimum atomic E-state index is 0.222. The van der Waals surface area contributed by atoms with Crippen LogP contribution in [0.15, 0.2) is 48.6 Å².